The summed E-state index contributed by atoms with van der Waals surface area (Å²) in [6.45, 7) is 2.00. The van der Waals surface area contributed by atoms with Crippen LogP contribution >= 0.6 is 23.2 Å². The first-order valence-electron chi connectivity index (χ1n) is 8.09. The van der Waals surface area contributed by atoms with Crippen molar-refractivity contribution in [3.8, 4) is 5.75 Å². The minimum absolute atomic E-state index is 0.0918. The van der Waals surface area contributed by atoms with Crippen LogP contribution < -0.4 is 10.1 Å². The Morgan fingerprint density at radius 2 is 1.85 bits per heavy atom. The Kier molecular flexibility index (Phi) is 7.26. The molecule has 1 N–H and O–H groups in total. The number of hydrogen-bond donors (Lipinski definition) is 1. The van der Waals surface area contributed by atoms with E-state index in [-0.39, 0.29) is 17.8 Å². The third kappa shape index (κ3) is 5.59. The van der Waals surface area contributed by atoms with Crippen LogP contribution in [0.5, 0.6) is 5.75 Å². The fraction of sp³-hybridized carbons (Fsp3) is 0.316. The maximum Gasteiger partial charge on any atom is 0.260 e. The molecule has 1 amide bonds. The maximum absolute atomic E-state index is 13.1. The van der Waals surface area contributed by atoms with Gasteiger partial charge >= 0.3 is 0 Å². The van der Waals surface area contributed by atoms with Crippen LogP contribution in [0.2, 0.25) is 10.0 Å². The van der Waals surface area contributed by atoms with E-state index in [0.29, 0.717) is 22.3 Å². The lowest BCUT2D eigenvalue weighted by molar-refractivity contribution is -0.127. The number of likely N-dealkylation sites (N-methyl/N-ethyl adjacent to an activating group) is 1. The molecule has 0 saturated carbocycles. The first-order valence-corrected chi connectivity index (χ1v) is 8.85. The number of carbonyl (C=O) groups is 1. The zero-order valence-corrected chi connectivity index (χ0v) is 16.3. The van der Waals surface area contributed by atoms with Crippen LogP contribution in [-0.2, 0) is 4.79 Å². The molecule has 0 bridgehead atoms. The topological polar surface area (TPSA) is 41.6 Å². The number of carbonyl (C=O) groups excluding carboxylic acids is 1. The number of ether oxygens (including phenoxy) is 1. The van der Waals surface area contributed by atoms with Gasteiger partial charge in [-0.15, -0.1) is 0 Å². The molecule has 2 aromatic rings. The minimum atomic E-state index is -0.732. The zero-order chi connectivity index (χ0) is 19.3. The van der Waals surface area contributed by atoms with Crippen molar-refractivity contribution < 1.29 is 13.9 Å². The molecule has 140 valence electrons. The summed E-state index contributed by atoms with van der Waals surface area (Å²) in [5.74, 6) is -0.177. The van der Waals surface area contributed by atoms with Gasteiger partial charge in [0.2, 0.25) is 0 Å². The van der Waals surface area contributed by atoms with Crippen LogP contribution in [0.15, 0.2) is 42.5 Å². The second kappa shape index (κ2) is 9.21. The van der Waals surface area contributed by atoms with Crippen molar-refractivity contribution in [3.63, 3.8) is 0 Å². The number of nitrogens with one attached hydrogen (secondary N) is 1. The molecule has 0 aliphatic rings. The van der Waals surface area contributed by atoms with E-state index in [4.69, 9.17) is 27.9 Å². The van der Waals surface area contributed by atoms with Crippen LogP contribution in [0.3, 0.4) is 0 Å². The van der Waals surface area contributed by atoms with E-state index < -0.39 is 6.10 Å². The molecule has 0 aliphatic heterocycles. The molecule has 2 rings (SSSR count). The predicted molar refractivity (Wildman–Crippen MR) is 102 cm³/mol. The zero-order valence-electron chi connectivity index (χ0n) is 14.8. The summed E-state index contributed by atoms with van der Waals surface area (Å²) in [7, 11) is 3.79. The van der Waals surface area contributed by atoms with Crippen LogP contribution in [0, 0.1) is 5.82 Å². The van der Waals surface area contributed by atoms with Gasteiger partial charge in [-0.2, -0.15) is 0 Å². The Labute approximate surface area is 162 Å². The Morgan fingerprint density at radius 1 is 1.19 bits per heavy atom. The number of benzene rings is 2. The summed E-state index contributed by atoms with van der Waals surface area (Å²) in [6, 6.07) is 11.0. The summed E-state index contributed by atoms with van der Waals surface area (Å²) >= 11 is 11.9. The first-order chi connectivity index (χ1) is 12.3. The van der Waals surface area contributed by atoms with Crippen molar-refractivity contribution in [1.29, 1.82) is 0 Å². The van der Waals surface area contributed by atoms with Crippen molar-refractivity contribution in [2.24, 2.45) is 0 Å². The number of nitrogens with zero attached hydrogens (tertiary/aromatic N) is 1. The highest BCUT2D eigenvalue weighted by Gasteiger charge is 2.20. The van der Waals surface area contributed by atoms with Gasteiger partial charge < -0.3 is 15.0 Å². The van der Waals surface area contributed by atoms with Crippen LogP contribution in [-0.4, -0.2) is 37.6 Å². The molecule has 0 aromatic heterocycles. The molecule has 2 unspecified atom stereocenters. The predicted octanol–water partition coefficient (Wildman–Crippen LogP) is 4.32. The van der Waals surface area contributed by atoms with E-state index in [1.54, 1.807) is 37.3 Å². The third-order valence-electron chi connectivity index (χ3n) is 3.91. The fourth-order valence-corrected chi connectivity index (χ4v) is 2.89. The summed E-state index contributed by atoms with van der Waals surface area (Å²) in [6.07, 6.45) is -0.732. The van der Waals surface area contributed by atoms with Gasteiger partial charge in [-0.25, -0.2) is 4.39 Å². The highest BCUT2D eigenvalue weighted by Crippen LogP contribution is 2.28. The molecule has 2 atom stereocenters. The summed E-state index contributed by atoms with van der Waals surface area (Å²) in [5, 5.41) is 3.69. The van der Waals surface area contributed by atoms with E-state index >= 15 is 0 Å². The lowest BCUT2D eigenvalue weighted by Gasteiger charge is -2.26. The first kappa shape index (κ1) is 20.5. The van der Waals surface area contributed by atoms with E-state index in [1.807, 2.05) is 19.0 Å². The summed E-state index contributed by atoms with van der Waals surface area (Å²) in [5.41, 5.74) is 0.908. The molecule has 7 heteroatoms. The van der Waals surface area contributed by atoms with Crippen LogP contribution in [0.25, 0.3) is 0 Å². The molecule has 0 fully saturated rings. The van der Waals surface area contributed by atoms with E-state index in [0.717, 1.165) is 5.56 Å². The minimum Gasteiger partial charge on any atom is -0.479 e. The Bertz CT molecular complexity index is 754. The number of rotatable bonds is 7. The quantitative estimate of drug-likeness (QED) is 0.754. The lowest BCUT2D eigenvalue weighted by atomic mass is 10.1. The van der Waals surface area contributed by atoms with Gasteiger partial charge in [0.05, 0.1) is 11.1 Å². The molecule has 2 aromatic carbocycles. The molecule has 0 saturated heterocycles. The van der Waals surface area contributed by atoms with Crippen molar-refractivity contribution in [2.75, 3.05) is 20.6 Å². The number of amides is 1. The average Bonchev–Trinajstić information content (AvgIpc) is 2.58. The van der Waals surface area contributed by atoms with Gasteiger partial charge in [0.15, 0.2) is 6.10 Å². The second-order valence-electron chi connectivity index (χ2n) is 6.11. The van der Waals surface area contributed by atoms with Gasteiger partial charge in [0.25, 0.3) is 5.91 Å². The van der Waals surface area contributed by atoms with E-state index in [9.17, 15) is 9.18 Å². The highest BCUT2D eigenvalue weighted by atomic mass is 35.5. The standard InChI is InChI=1S/C19H21Cl2FN2O2/c1-12(26-18-9-6-14(20)10-16(18)21)19(25)23-11-17(24(2)3)13-4-7-15(22)8-5-13/h4-10,12,17H,11H2,1-3H3,(H,23,25). The Hall–Kier alpha value is -1.82. The second-order valence-corrected chi connectivity index (χ2v) is 6.95. The number of halogens is 3. The maximum atomic E-state index is 13.1. The summed E-state index contributed by atoms with van der Waals surface area (Å²) < 4.78 is 18.7. The SMILES string of the molecule is CC(Oc1ccc(Cl)cc1Cl)C(=O)NCC(c1ccc(F)cc1)N(C)C. The molecular weight excluding hydrogens is 378 g/mol. The molecule has 0 aliphatic carbocycles. The average molecular weight is 399 g/mol. The van der Waals surface area contributed by atoms with Crippen LogP contribution in [0.4, 0.5) is 4.39 Å². The van der Waals surface area contributed by atoms with Crippen molar-refractivity contribution in [1.82, 2.24) is 10.2 Å². The van der Waals surface area contributed by atoms with Gasteiger partial charge in [0.1, 0.15) is 11.6 Å². The Morgan fingerprint density at radius 3 is 2.42 bits per heavy atom. The highest BCUT2D eigenvalue weighted by molar-refractivity contribution is 6.35. The molecule has 4 nitrogen and oxygen atoms in total. The van der Waals surface area contributed by atoms with Crippen molar-refractivity contribution in [3.05, 3.63) is 63.9 Å². The van der Waals surface area contributed by atoms with Gasteiger partial charge in [-0.05, 0) is 56.9 Å². The number of hydrogen-bond acceptors (Lipinski definition) is 3. The third-order valence-corrected chi connectivity index (χ3v) is 4.45. The van der Waals surface area contributed by atoms with E-state index in [2.05, 4.69) is 5.32 Å². The molecular formula is C19H21Cl2FN2O2. The smallest absolute Gasteiger partial charge is 0.260 e. The van der Waals surface area contributed by atoms with Crippen LogP contribution in [0.1, 0.15) is 18.5 Å². The molecule has 0 heterocycles. The normalized spacial score (nSPS) is 13.3. The van der Waals surface area contributed by atoms with Gasteiger partial charge in [-0.1, -0.05) is 35.3 Å². The molecule has 26 heavy (non-hydrogen) atoms. The largest absolute Gasteiger partial charge is 0.479 e. The van der Waals surface area contributed by atoms with Gasteiger partial charge in [-0.3, -0.25) is 4.79 Å². The molecule has 0 radical (unpaired) electrons. The Balaban J connectivity index is 1.97. The molecule has 0 spiro atoms. The monoisotopic (exact) mass is 398 g/mol. The van der Waals surface area contributed by atoms with Crippen molar-refractivity contribution in [2.45, 2.75) is 19.1 Å². The lowest BCUT2D eigenvalue weighted by Crippen LogP contribution is -2.41. The summed E-state index contributed by atoms with van der Waals surface area (Å²) in [4.78, 5) is 14.3. The van der Waals surface area contributed by atoms with Gasteiger partial charge in [0, 0.05) is 11.6 Å². The fourth-order valence-electron chi connectivity index (χ4n) is 2.44. The van der Waals surface area contributed by atoms with E-state index in [1.165, 1.54) is 12.1 Å². The van der Waals surface area contributed by atoms with Crippen molar-refractivity contribution >= 4 is 29.1 Å².